The first kappa shape index (κ1) is 32.0. The lowest BCUT2D eigenvalue weighted by Gasteiger charge is -2.18. The van der Waals surface area contributed by atoms with Crippen molar-refractivity contribution in [2.45, 2.75) is 20.3 Å². The van der Waals surface area contributed by atoms with Gasteiger partial charge in [0.15, 0.2) is 0 Å². The predicted octanol–water partition coefficient (Wildman–Crippen LogP) is 13.0. The molecule has 0 amide bonds. The van der Waals surface area contributed by atoms with Crippen molar-refractivity contribution in [2.75, 3.05) is 0 Å². The van der Waals surface area contributed by atoms with E-state index in [1.54, 1.807) is 0 Å². The number of fused-ring (bicyclic) bond motifs is 6. The van der Waals surface area contributed by atoms with Crippen molar-refractivity contribution in [1.29, 1.82) is 5.53 Å². The van der Waals surface area contributed by atoms with Gasteiger partial charge in [-0.2, -0.15) is 5.11 Å². The van der Waals surface area contributed by atoms with Crippen LogP contribution in [0.1, 0.15) is 24.5 Å². The highest BCUT2D eigenvalue weighted by atomic mass is 15.0. The van der Waals surface area contributed by atoms with E-state index in [1.165, 1.54) is 60.5 Å². The van der Waals surface area contributed by atoms with Crippen LogP contribution in [-0.2, 0) is 0 Å². The molecule has 0 fully saturated rings. The molecule has 248 valence electrons. The number of hydrogen-bond acceptors (Lipinski definition) is 2. The van der Waals surface area contributed by atoms with Crippen LogP contribution in [0.2, 0.25) is 0 Å². The molecule has 6 aromatic carbocycles. The first-order chi connectivity index (χ1) is 25.1. The maximum absolute atomic E-state index is 7.33. The van der Waals surface area contributed by atoms with E-state index in [-0.39, 0.29) is 0 Å². The van der Waals surface area contributed by atoms with Crippen molar-refractivity contribution in [3.8, 4) is 11.4 Å². The molecular weight excluding hydrogens is 621 g/mol. The Morgan fingerprint density at radius 2 is 1.18 bits per heavy atom. The fourth-order valence-corrected chi connectivity index (χ4v) is 7.43. The van der Waals surface area contributed by atoms with E-state index < -0.39 is 0 Å². The SMILES string of the molecule is CC(/C=C(\N=N)c1ccccc1)C1C=CC=CC1.Cc1ccc(-n2c3ccccc3c3cc4c5ccccc5n(-c5ccccc5)c4cc32)cc1. The van der Waals surface area contributed by atoms with E-state index in [0.29, 0.717) is 11.8 Å². The zero-order chi connectivity index (χ0) is 34.7. The lowest BCUT2D eigenvalue weighted by atomic mass is 9.87. The maximum Gasteiger partial charge on any atom is 0.0885 e. The average molecular weight is 661 g/mol. The van der Waals surface area contributed by atoms with Crippen molar-refractivity contribution in [2.24, 2.45) is 17.0 Å². The number of para-hydroxylation sites is 3. The van der Waals surface area contributed by atoms with E-state index in [1.807, 2.05) is 30.3 Å². The Hall–Kier alpha value is -6.26. The normalized spacial score (nSPS) is 14.9. The summed E-state index contributed by atoms with van der Waals surface area (Å²) in [6.07, 6.45) is 11.8. The monoisotopic (exact) mass is 660 g/mol. The van der Waals surface area contributed by atoms with Crippen LogP contribution in [-0.4, -0.2) is 9.13 Å². The van der Waals surface area contributed by atoms with Gasteiger partial charge in [-0.1, -0.05) is 140 Å². The Morgan fingerprint density at radius 3 is 1.75 bits per heavy atom. The van der Waals surface area contributed by atoms with E-state index in [9.17, 15) is 0 Å². The Bertz CT molecular complexity index is 2580. The van der Waals surface area contributed by atoms with Crippen molar-refractivity contribution in [3.05, 3.63) is 187 Å². The van der Waals surface area contributed by atoms with Crippen molar-refractivity contribution < 1.29 is 0 Å². The largest absolute Gasteiger partial charge is 0.309 e. The molecule has 0 radical (unpaired) electrons. The summed E-state index contributed by atoms with van der Waals surface area (Å²) in [5.74, 6) is 0.894. The van der Waals surface area contributed by atoms with Gasteiger partial charge in [-0.25, -0.2) is 5.53 Å². The lowest BCUT2D eigenvalue weighted by molar-refractivity contribution is 0.515. The number of nitrogens with one attached hydrogen (secondary N) is 1. The fraction of sp³-hybridized carbons (Fsp3) is 0.106. The molecule has 2 aromatic heterocycles. The predicted molar refractivity (Wildman–Crippen MR) is 215 cm³/mol. The Morgan fingerprint density at radius 1 is 0.627 bits per heavy atom. The van der Waals surface area contributed by atoms with Gasteiger partial charge in [-0.15, -0.1) is 0 Å². The number of hydrogen-bond donors (Lipinski definition) is 1. The molecule has 0 saturated heterocycles. The molecule has 2 atom stereocenters. The summed E-state index contributed by atoms with van der Waals surface area (Å²) in [5, 5.41) is 8.80. The van der Waals surface area contributed by atoms with Crippen LogP contribution in [0.3, 0.4) is 0 Å². The van der Waals surface area contributed by atoms with E-state index in [0.717, 1.165) is 17.7 Å². The van der Waals surface area contributed by atoms with Crippen LogP contribution in [0.25, 0.3) is 60.7 Å². The van der Waals surface area contributed by atoms with Crippen LogP contribution in [0.5, 0.6) is 0 Å². The summed E-state index contributed by atoms with van der Waals surface area (Å²) in [7, 11) is 0. The third-order valence-corrected chi connectivity index (χ3v) is 10.1. The average Bonchev–Trinajstić information content (AvgIpc) is 3.69. The topological polar surface area (TPSA) is 46.1 Å². The molecule has 2 heterocycles. The highest BCUT2D eigenvalue weighted by molar-refractivity contribution is 6.19. The molecule has 8 aromatic rings. The maximum atomic E-state index is 7.33. The molecule has 2 unspecified atom stereocenters. The number of nitrogens with zero attached hydrogens (tertiary/aromatic N) is 3. The van der Waals surface area contributed by atoms with E-state index in [2.05, 4.69) is 174 Å². The van der Waals surface area contributed by atoms with Gasteiger partial charge < -0.3 is 9.13 Å². The second kappa shape index (κ2) is 13.9. The minimum absolute atomic E-state index is 0.385. The molecular formula is C47H40N4. The van der Waals surface area contributed by atoms with Crippen LogP contribution in [0.4, 0.5) is 0 Å². The third-order valence-electron chi connectivity index (χ3n) is 10.1. The summed E-state index contributed by atoms with van der Waals surface area (Å²) in [6.45, 7) is 4.32. The highest BCUT2D eigenvalue weighted by Crippen LogP contribution is 2.39. The standard InChI is InChI=1S/C31H22N2.C16H18N2/c1-21-15-17-23(18-16-21)33-29-14-8-6-12-25(29)27-19-26-24-11-5-7-13-28(24)32(30(26)20-31(27)33)22-9-3-2-4-10-22;1-13(14-8-4-2-5-9-14)12-16(18-17)15-10-6-3-7-11-15/h2-20H,1H3;2-8,10-14,17H,9H2,1H3/b;16-12-,18-17?. The zero-order valence-corrected chi connectivity index (χ0v) is 28.9. The van der Waals surface area contributed by atoms with E-state index in [4.69, 9.17) is 5.53 Å². The van der Waals surface area contributed by atoms with Crippen LogP contribution in [0.15, 0.2) is 181 Å². The molecule has 0 spiro atoms. The first-order valence-corrected chi connectivity index (χ1v) is 17.7. The molecule has 9 rings (SSSR count). The van der Waals surface area contributed by atoms with Gasteiger partial charge >= 0.3 is 0 Å². The first-order valence-electron chi connectivity index (χ1n) is 17.7. The summed E-state index contributed by atoms with van der Waals surface area (Å²) >= 11 is 0. The van der Waals surface area contributed by atoms with Crippen LogP contribution in [0, 0.1) is 24.3 Å². The van der Waals surface area contributed by atoms with Gasteiger partial charge in [0.05, 0.1) is 27.8 Å². The number of aryl methyl sites for hydroxylation is 1. The van der Waals surface area contributed by atoms with Crippen molar-refractivity contribution in [3.63, 3.8) is 0 Å². The molecule has 0 bridgehead atoms. The fourth-order valence-electron chi connectivity index (χ4n) is 7.43. The van der Waals surface area contributed by atoms with Gasteiger partial charge in [0.25, 0.3) is 0 Å². The summed E-state index contributed by atoms with van der Waals surface area (Å²) in [5.41, 5.74) is 17.7. The number of allylic oxidation sites excluding steroid dienone is 5. The molecule has 1 aliphatic rings. The number of rotatable bonds is 6. The van der Waals surface area contributed by atoms with Gasteiger partial charge in [-0.05, 0) is 73.7 Å². The quantitative estimate of drug-likeness (QED) is 0.173. The van der Waals surface area contributed by atoms with Gasteiger partial charge in [0, 0.05) is 38.5 Å². The number of aromatic nitrogens is 2. The summed E-state index contributed by atoms with van der Waals surface area (Å²) in [6, 6.07) is 51.6. The van der Waals surface area contributed by atoms with Gasteiger partial charge in [-0.3, -0.25) is 0 Å². The Balaban J connectivity index is 0.000000177. The third kappa shape index (κ3) is 6.10. The molecule has 51 heavy (non-hydrogen) atoms. The lowest BCUT2D eigenvalue weighted by Crippen LogP contribution is -2.07. The second-order valence-corrected chi connectivity index (χ2v) is 13.4. The van der Waals surface area contributed by atoms with Crippen LogP contribution >= 0.6 is 0 Å². The van der Waals surface area contributed by atoms with Gasteiger partial charge in [0.2, 0.25) is 0 Å². The molecule has 0 saturated carbocycles. The number of benzene rings is 6. The van der Waals surface area contributed by atoms with Crippen molar-refractivity contribution >= 4 is 49.3 Å². The highest BCUT2D eigenvalue weighted by Gasteiger charge is 2.18. The second-order valence-electron chi connectivity index (χ2n) is 13.4. The Labute approximate surface area is 298 Å². The minimum Gasteiger partial charge on any atom is -0.309 e. The summed E-state index contributed by atoms with van der Waals surface area (Å²) in [4.78, 5) is 0. The smallest absolute Gasteiger partial charge is 0.0885 e. The van der Waals surface area contributed by atoms with E-state index >= 15 is 0 Å². The molecule has 1 N–H and O–H groups in total. The molecule has 4 heteroatoms. The Kier molecular flexibility index (Phi) is 8.73. The minimum atomic E-state index is 0.385. The van der Waals surface area contributed by atoms with Crippen molar-refractivity contribution in [1.82, 2.24) is 9.13 Å². The van der Waals surface area contributed by atoms with Crippen LogP contribution < -0.4 is 0 Å². The molecule has 1 aliphatic carbocycles. The summed E-state index contributed by atoms with van der Waals surface area (Å²) < 4.78 is 4.79. The molecule has 0 aliphatic heterocycles. The molecule has 4 nitrogen and oxygen atoms in total. The zero-order valence-electron chi connectivity index (χ0n) is 28.9. The van der Waals surface area contributed by atoms with Gasteiger partial charge in [0.1, 0.15) is 0 Å².